The molecule has 2 aromatic carbocycles. The minimum atomic E-state index is -0.875. The van der Waals surface area contributed by atoms with E-state index >= 15 is 0 Å². The summed E-state index contributed by atoms with van der Waals surface area (Å²) in [6.45, 7) is 6.01. The Bertz CT molecular complexity index is 958. The van der Waals surface area contributed by atoms with Crippen molar-refractivity contribution in [3.05, 3.63) is 70.4 Å². The molecule has 0 bridgehead atoms. The average Bonchev–Trinajstić information content (AvgIpc) is 2.69. The van der Waals surface area contributed by atoms with E-state index in [1.807, 2.05) is 39.0 Å². The maximum Gasteiger partial charge on any atom is 0.163 e. The predicted molar refractivity (Wildman–Crippen MR) is 103 cm³/mol. The van der Waals surface area contributed by atoms with E-state index in [-0.39, 0.29) is 16.8 Å². The van der Waals surface area contributed by atoms with E-state index in [4.69, 9.17) is 0 Å². The normalized spacial score (nSPS) is 20.9. The first kappa shape index (κ1) is 17.7. The molecule has 2 aliphatic rings. The van der Waals surface area contributed by atoms with Crippen LogP contribution >= 0.6 is 0 Å². The lowest BCUT2D eigenvalue weighted by molar-refractivity contribution is -0.118. The van der Waals surface area contributed by atoms with Crippen molar-refractivity contribution in [1.82, 2.24) is 0 Å². The zero-order valence-electron chi connectivity index (χ0n) is 15.6. The number of halogens is 2. The number of aryl methyl sites for hydroxylation is 1. The predicted octanol–water partition coefficient (Wildman–Crippen LogP) is 5.50. The lowest BCUT2D eigenvalue weighted by Gasteiger charge is -2.34. The second-order valence-electron chi connectivity index (χ2n) is 8.22. The van der Waals surface area contributed by atoms with Crippen molar-refractivity contribution in [2.24, 2.45) is 5.41 Å². The van der Waals surface area contributed by atoms with Crippen LogP contribution in [0.1, 0.15) is 43.9 Å². The Morgan fingerprint density at radius 2 is 1.74 bits per heavy atom. The van der Waals surface area contributed by atoms with Crippen LogP contribution < -0.4 is 10.6 Å². The van der Waals surface area contributed by atoms with Crippen molar-refractivity contribution < 1.29 is 13.6 Å². The summed E-state index contributed by atoms with van der Waals surface area (Å²) in [5.41, 5.74) is 3.37. The Morgan fingerprint density at radius 1 is 1.04 bits per heavy atom. The second kappa shape index (κ2) is 6.19. The Hall–Kier alpha value is -2.69. The molecule has 4 rings (SSSR count). The number of Topliss-reactive ketones (excluding diaryl/α,β-unsaturated/α-hetero) is 1. The van der Waals surface area contributed by atoms with Gasteiger partial charge in [0.1, 0.15) is 11.6 Å². The highest BCUT2D eigenvalue weighted by atomic mass is 19.1. The topological polar surface area (TPSA) is 41.1 Å². The van der Waals surface area contributed by atoms with Crippen LogP contribution in [0, 0.1) is 24.0 Å². The summed E-state index contributed by atoms with van der Waals surface area (Å²) in [6.07, 6.45) is 0.979. The van der Waals surface area contributed by atoms with E-state index in [1.165, 1.54) is 18.2 Å². The number of rotatable bonds is 1. The van der Waals surface area contributed by atoms with Gasteiger partial charge in [0.25, 0.3) is 0 Å². The number of allylic oxidation sites excluding steroid dienone is 1. The monoisotopic (exact) mass is 368 g/mol. The first-order chi connectivity index (χ1) is 12.7. The number of hydrogen-bond donors (Lipinski definition) is 2. The zero-order chi connectivity index (χ0) is 19.3. The first-order valence-electron chi connectivity index (χ1n) is 9.09. The molecule has 3 nitrogen and oxygen atoms in total. The van der Waals surface area contributed by atoms with Crippen molar-refractivity contribution in [1.29, 1.82) is 0 Å². The van der Waals surface area contributed by atoms with Gasteiger partial charge in [-0.05, 0) is 48.6 Å². The third-order valence-electron chi connectivity index (χ3n) is 5.26. The SMILES string of the molecule is Cc1ccc2c(c1)NC(c1c(F)cccc1F)C1=C(CC(C)(C)CC1=O)N2. The van der Waals surface area contributed by atoms with Crippen LogP contribution in [0.2, 0.25) is 0 Å². The van der Waals surface area contributed by atoms with E-state index in [1.54, 1.807) is 0 Å². The molecule has 0 amide bonds. The van der Waals surface area contributed by atoms with Crippen molar-refractivity contribution >= 4 is 17.2 Å². The molecular weight excluding hydrogens is 346 g/mol. The second-order valence-corrected chi connectivity index (χ2v) is 8.22. The third kappa shape index (κ3) is 3.11. The first-order valence-corrected chi connectivity index (χ1v) is 9.09. The highest BCUT2D eigenvalue weighted by Gasteiger charge is 2.40. The fourth-order valence-corrected chi connectivity index (χ4v) is 4.06. The number of nitrogens with one attached hydrogen (secondary N) is 2. The standard InChI is InChI=1S/C22H22F2N2O/c1-12-7-8-15-16(9-12)26-21(19-13(23)5-4-6-14(19)24)20-17(25-15)10-22(2,3)11-18(20)27/h4-9,21,25-26H,10-11H2,1-3H3. The fraction of sp³-hybridized carbons (Fsp3) is 0.318. The van der Waals surface area contributed by atoms with Crippen LogP contribution in [0.4, 0.5) is 20.2 Å². The lowest BCUT2D eigenvalue weighted by Crippen LogP contribution is -2.32. The third-order valence-corrected chi connectivity index (χ3v) is 5.26. The largest absolute Gasteiger partial charge is 0.372 e. The number of anilines is 2. The van der Waals surface area contributed by atoms with Crippen LogP contribution in [0.15, 0.2) is 47.7 Å². The zero-order valence-corrected chi connectivity index (χ0v) is 15.6. The average molecular weight is 368 g/mol. The molecule has 0 saturated carbocycles. The number of hydrogen-bond acceptors (Lipinski definition) is 3. The van der Waals surface area contributed by atoms with Crippen LogP contribution in [-0.2, 0) is 4.79 Å². The Balaban J connectivity index is 1.95. The summed E-state index contributed by atoms with van der Waals surface area (Å²) in [5, 5.41) is 6.60. The number of benzene rings is 2. The van der Waals surface area contributed by atoms with E-state index < -0.39 is 17.7 Å². The molecule has 2 aromatic rings. The Kier molecular flexibility index (Phi) is 4.06. The van der Waals surface area contributed by atoms with Gasteiger partial charge in [-0.2, -0.15) is 0 Å². The van der Waals surface area contributed by atoms with Crippen LogP contribution in [-0.4, -0.2) is 5.78 Å². The van der Waals surface area contributed by atoms with Gasteiger partial charge in [-0.25, -0.2) is 8.78 Å². The number of carbonyl (C=O) groups excluding carboxylic acids is 1. The molecule has 2 N–H and O–H groups in total. The van der Waals surface area contributed by atoms with Crippen LogP contribution in [0.25, 0.3) is 0 Å². The molecule has 1 unspecified atom stereocenters. The fourth-order valence-electron chi connectivity index (χ4n) is 4.06. The Morgan fingerprint density at radius 3 is 2.44 bits per heavy atom. The van der Waals surface area contributed by atoms with Gasteiger partial charge in [0, 0.05) is 17.7 Å². The minimum absolute atomic E-state index is 0.0848. The Labute approximate surface area is 157 Å². The summed E-state index contributed by atoms with van der Waals surface area (Å²) in [5.74, 6) is -1.40. The van der Waals surface area contributed by atoms with E-state index in [2.05, 4.69) is 10.6 Å². The molecule has 1 aliphatic heterocycles. The highest BCUT2D eigenvalue weighted by molar-refractivity contribution is 6.01. The number of ketones is 1. The lowest BCUT2D eigenvalue weighted by atomic mass is 9.73. The molecule has 0 spiro atoms. The van der Waals surface area contributed by atoms with Crippen LogP contribution in [0.5, 0.6) is 0 Å². The molecule has 0 fully saturated rings. The number of carbonyl (C=O) groups is 1. The van der Waals surface area contributed by atoms with Crippen molar-refractivity contribution in [2.45, 2.75) is 39.7 Å². The van der Waals surface area contributed by atoms with Crippen molar-refractivity contribution in [3.63, 3.8) is 0 Å². The quantitative estimate of drug-likeness (QED) is 0.699. The number of fused-ring (bicyclic) bond motifs is 1. The smallest absolute Gasteiger partial charge is 0.163 e. The molecule has 1 atom stereocenters. The summed E-state index contributed by atoms with van der Waals surface area (Å²) in [6, 6.07) is 8.73. The molecule has 0 aromatic heterocycles. The van der Waals surface area contributed by atoms with Gasteiger partial charge in [0.2, 0.25) is 0 Å². The molecule has 0 radical (unpaired) electrons. The highest BCUT2D eigenvalue weighted by Crippen LogP contribution is 2.46. The molecule has 27 heavy (non-hydrogen) atoms. The maximum atomic E-state index is 14.6. The van der Waals surface area contributed by atoms with Gasteiger partial charge in [-0.15, -0.1) is 0 Å². The molecule has 1 heterocycles. The van der Waals surface area contributed by atoms with Gasteiger partial charge in [0.15, 0.2) is 5.78 Å². The van der Waals surface area contributed by atoms with Gasteiger partial charge in [-0.1, -0.05) is 26.0 Å². The van der Waals surface area contributed by atoms with Gasteiger partial charge in [-0.3, -0.25) is 4.79 Å². The summed E-state index contributed by atoms with van der Waals surface area (Å²) in [7, 11) is 0. The van der Waals surface area contributed by atoms with E-state index in [0.29, 0.717) is 18.4 Å². The molecule has 1 aliphatic carbocycles. The molecule has 0 saturated heterocycles. The van der Waals surface area contributed by atoms with Gasteiger partial charge >= 0.3 is 0 Å². The van der Waals surface area contributed by atoms with Gasteiger partial charge in [0.05, 0.1) is 23.0 Å². The minimum Gasteiger partial charge on any atom is -0.372 e. The molecule has 5 heteroatoms. The van der Waals surface area contributed by atoms with E-state index in [0.717, 1.165) is 22.6 Å². The van der Waals surface area contributed by atoms with Gasteiger partial charge < -0.3 is 10.6 Å². The van der Waals surface area contributed by atoms with Crippen molar-refractivity contribution in [3.8, 4) is 0 Å². The summed E-state index contributed by atoms with van der Waals surface area (Å²) in [4.78, 5) is 13.0. The molecule has 140 valence electrons. The summed E-state index contributed by atoms with van der Waals surface area (Å²) >= 11 is 0. The van der Waals surface area contributed by atoms with Crippen molar-refractivity contribution in [2.75, 3.05) is 10.6 Å². The summed E-state index contributed by atoms with van der Waals surface area (Å²) < 4.78 is 29.3. The van der Waals surface area contributed by atoms with Crippen LogP contribution in [0.3, 0.4) is 0 Å². The molecular formula is C22H22F2N2O. The van der Waals surface area contributed by atoms with E-state index in [9.17, 15) is 13.6 Å². The maximum absolute atomic E-state index is 14.6.